The molecule has 0 saturated carbocycles. The molecule has 3 heteroatoms. The lowest BCUT2D eigenvalue weighted by Gasteiger charge is -1.94. The number of rotatable bonds is 4. The number of carbonyl (C=O) groups is 1. The lowest BCUT2D eigenvalue weighted by atomic mass is 10.5. The highest BCUT2D eigenvalue weighted by Gasteiger charge is 1.91. The molecule has 0 rings (SSSR count). The third kappa shape index (κ3) is 6.11. The Hall–Kier alpha value is 0.110. The summed E-state index contributed by atoms with van der Waals surface area (Å²) in [7, 11) is 0. The van der Waals surface area contributed by atoms with E-state index in [1.807, 2.05) is 6.92 Å². The Morgan fingerprint density at radius 3 is 2.75 bits per heavy atom. The summed E-state index contributed by atoms with van der Waals surface area (Å²) >= 11 is 2.74. The molecule has 0 bridgehead atoms. The Kier molecular flexibility index (Phi) is 5.32. The molecular weight excluding hydrogens is 172 g/mol. The van der Waals surface area contributed by atoms with Crippen LogP contribution in [0.3, 0.4) is 0 Å². The summed E-state index contributed by atoms with van der Waals surface area (Å²) in [5, 5.41) is 0. The second kappa shape index (κ2) is 5.25. The van der Waals surface area contributed by atoms with Crippen LogP contribution < -0.4 is 0 Å². The van der Waals surface area contributed by atoms with Crippen LogP contribution in [0.2, 0.25) is 0 Å². The van der Waals surface area contributed by atoms with E-state index in [1.54, 1.807) is 0 Å². The average Bonchev–Trinajstić information content (AvgIpc) is 1.66. The molecular formula is C5H9BrO2. The molecule has 48 valence electrons. The van der Waals surface area contributed by atoms with Crippen LogP contribution in [-0.4, -0.2) is 17.9 Å². The van der Waals surface area contributed by atoms with Crippen molar-refractivity contribution < 1.29 is 9.53 Å². The molecule has 0 fully saturated rings. The van der Waals surface area contributed by atoms with Crippen molar-refractivity contribution >= 4 is 20.6 Å². The maximum atomic E-state index is 10.1. The SMILES string of the molecule is CCCOCC(=O)Br. The summed E-state index contributed by atoms with van der Waals surface area (Å²) in [6.45, 7) is 2.85. The van der Waals surface area contributed by atoms with Gasteiger partial charge in [-0.15, -0.1) is 0 Å². The molecule has 0 radical (unpaired) electrons. The van der Waals surface area contributed by atoms with Gasteiger partial charge < -0.3 is 4.74 Å². The fraction of sp³-hybridized carbons (Fsp3) is 0.800. The van der Waals surface area contributed by atoms with Crippen molar-refractivity contribution in [2.45, 2.75) is 13.3 Å². The van der Waals surface area contributed by atoms with Gasteiger partial charge in [0.2, 0.25) is 4.69 Å². The maximum Gasteiger partial charge on any atom is 0.223 e. The van der Waals surface area contributed by atoms with Crippen LogP contribution in [0.5, 0.6) is 0 Å². The van der Waals surface area contributed by atoms with Crippen LogP contribution in [0.25, 0.3) is 0 Å². The number of carbonyl (C=O) groups excluding carboxylic acids is 1. The smallest absolute Gasteiger partial charge is 0.223 e. The van der Waals surface area contributed by atoms with Crippen LogP contribution in [-0.2, 0) is 9.53 Å². The minimum atomic E-state index is -0.0917. The summed E-state index contributed by atoms with van der Waals surface area (Å²) in [5.74, 6) is 0. The van der Waals surface area contributed by atoms with Gasteiger partial charge in [0.25, 0.3) is 0 Å². The van der Waals surface area contributed by atoms with E-state index in [9.17, 15) is 4.79 Å². The van der Waals surface area contributed by atoms with Crippen LogP contribution >= 0.6 is 15.9 Å². The van der Waals surface area contributed by atoms with E-state index in [4.69, 9.17) is 4.74 Å². The predicted molar refractivity (Wildman–Crippen MR) is 35.0 cm³/mol. The second-order valence-electron chi connectivity index (χ2n) is 1.41. The minimum Gasteiger partial charge on any atom is -0.373 e. The van der Waals surface area contributed by atoms with E-state index in [0.717, 1.165) is 6.42 Å². The molecule has 0 spiro atoms. The van der Waals surface area contributed by atoms with Gasteiger partial charge in [-0.1, -0.05) is 6.92 Å². The highest BCUT2D eigenvalue weighted by atomic mass is 79.9. The van der Waals surface area contributed by atoms with Gasteiger partial charge in [-0.3, -0.25) is 4.79 Å². The lowest BCUT2D eigenvalue weighted by molar-refractivity contribution is -0.114. The van der Waals surface area contributed by atoms with Crippen molar-refractivity contribution in [3.63, 3.8) is 0 Å². The average molecular weight is 181 g/mol. The van der Waals surface area contributed by atoms with Crippen molar-refractivity contribution in [1.29, 1.82) is 0 Å². The van der Waals surface area contributed by atoms with Crippen molar-refractivity contribution in [3.05, 3.63) is 0 Å². The summed E-state index contributed by atoms with van der Waals surface area (Å²) in [4.78, 5) is 10.1. The highest BCUT2D eigenvalue weighted by molar-refractivity contribution is 9.18. The molecule has 0 heterocycles. The summed E-state index contributed by atoms with van der Waals surface area (Å²) in [6, 6.07) is 0. The molecule has 0 aromatic heterocycles. The molecule has 2 nitrogen and oxygen atoms in total. The van der Waals surface area contributed by atoms with Gasteiger partial charge >= 0.3 is 0 Å². The Morgan fingerprint density at radius 2 is 2.38 bits per heavy atom. The first-order valence-corrected chi connectivity index (χ1v) is 3.32. The first-order chi connectivity index (χ1) is 3.77. The first-order valence-electron chi connectivity index (χ1n) is 2.53. The molecule has 0 aliphatic rings. The summed E-state index contributed by atoms with van der Waals surface area (Å²) in [5.41, 5.74) is 0. The Labute approximate surface area is 57.3 Å². The van der Waals surface area contributed by atoms with Crippen molar-refractivity contribution in [3.8, 4) is 0 Å². The molecule has 0 atom stereocenters. The molecule has 0 aliphatic carbocycles. The van der Waals surface area contributed by atoms with Gasteiger partial charge in [-0.25, -0.2) is 0 Å². The van der Waals surface area contributed by atoms with Crippen molar-refractivity contribution in [2.24, 2.45) is 0 Å². The van der Waals surface area contributed by atoms with Gasteiger partial charge in [0.05, 0.1) is 0 Å². The normalized spacial score (nSPS) is 9.25. The number of hydrogen-bond donors (Lipinski definition) is 0. The maximum absolute atomic E-state index is 10.1. The third-order valence-electron chi connectivity index (χ3n) is 0.564. The second-order valence-corrected chi connectivity index (χ2v) is 2.29. The summed E-state index contributed by atoms with van der Waals surface area (Å²) < 4.78 is 4.76. The third-order valence-corrected chi connectivity index (χ3v) is 0.793. The van der Waals surface area contributed by atoms with E-state index in [0.29, 0.717) is 6.61 Å². The standard InChI is InChI=1S/C5H9BrO2/c1-2-3-8-4-5(6)7/h2-4H2,1H3. The fourth-order valence-corrected chi connectivity index (χ4v) is 0.459. The van der Waals surface area contributed by atoms with Crippen molar-refractivity contribution in [1.82, 2.24) is 0 Å². The Balaban J connectivity index is 2.82. The summed E-state index contributed by atoms with van der Waals surface area (Å²) in [6.07, 6.45) is 0.959. The van der Waals surface area contributed by atoms with Gasteiger partial charge in [-0.05, 0) is 22.4 Å². The molecule has 0 aromatic carbocycles. The Bertz CT molecular complexity index is 72.8. The highest BCUT2D eigenvalue weighted by Crippen LogP contribution is 1.86. The molecule has 0 amide bonds. The topological polar surface area (TPSA) is 26.3 Å². The van der Waals surface area contributed by atoms with Gasteiger partial charge in [0, 0.05) is 6.61 Å². The quantitative estimate of drug-likeness (QED) is 0.483. The predicted octanol–water partition coefficient (Wildman–Crippen LogP) is 1.33. The van der Waals surface area contributed by atoms with E-state index in [-0.39, 0.29) is 11.3 Å². The molecule has 0 N–H and O–H groups in total. The van der Waals surface area contributed by atoms with Gasteiger partial charge in [0.15, 0.2) is 0 Å². The fourth-order valence-electron chi connectivity index (χ4n) is 0.297. The zero-order valence-corrected chi connectivity index (χ0v) is 6.40. The number of halogens is 1. The van der Waals surface area contributed by atoms with Gasteiger partial charge in [-0.2, -0.15) is 0 Å². The van der Waals surface area contributed by atoms with E-state index >= 15 is 0 Å². The van der Waals surface area contributed by atoms with Crippen molar-refractivity contribution in [2.75, 3.05) is 13.2 Å². The lowest BCUT2D eigenvalue weighted by Crippen LogP contribution is -2.01. The van der Waals surface area contributed by atoms with E-state index < -0.39 is 0 Å². The van der Waals surface area contributed by atoms with Crippen LogP contribution in [0.1, 0.15) is 13.3 Å². The van der Waals surface area contributed by atoms with Gasteiger partial charge in [0.1, 0.15) is 6.61 Å². The molecule has 0 unspecified atom stereocenters. The van der Waals surface area contributed by atoms with Crippen LogP contribution in [0.15, 0.2) is 0 Å². The monoisotopic (exact) mass is 180 g/mol. The number of hydrogen-bond acceptors (Lipinski definition) is 2. The van der Waals surface area contributed by atoms with E-state index in [1.165, 1.54) is 0 Å². The first kappa shape index (κ1) is 8.11. The molecule has 8 heavy (non-hydrogen) atoms. The minimum absolute atomic E-state index is 0.0917. The largest absolute Gasteiger partial charge is 0.373 e. The van der Waals surface area contributed by atoms with Crippen LogP contribution in [0, 0.1) is 0 Å². The van der Waals surface area contributed by atoms with Crippen LogP contribution in [0.4, 0.5) is 0 Å². The zero-order chi connectivity index (χ0) is 6.41. The number of ether oxygens (including phenoxy) is 1. The van der Waals surface area contributed by atoms with E-state index in [2.05, 4.69) is 15.9 Å². The molecule has 0 aliphatic heterocycles. The Morgan fingerprint density at radius 1 is 1.75 bits per heavy atom. The molecule has 0 aromatic rings. The molecule has 0 saturated heterocycles. The zero-order valence-electron chi connectivity index (χ0n) is 4.82.